The minimum atomic E-state index is -0.279. The highest BCUT2D eigenvalue weighted by Crippen LogP contribution is 2.06. The highest BCUT2D eigenvalue weighted by molar-refractivity contribution is 5.94. The topological polar surface area (TPSA) is 98.2 Å². The lowest BCUT2D eigenvalue weighted by Crippen LogP contribution is -2.24. The molecule has 0 heterocycles. The average Bonchev–Trinajstić information content (AvgIpc) is 2.33. The molecule has 1 rings (SSSR count). The number of hydrogen-bond donors (Lipinski definition) is 3. The van der Waals surface area contributed by atoms with Gasteiger partial charge in [-0.1, -0.05) is 12.5 Å². The van der Waals surface area contributed by atoms with E-state index in [9.17, 15) is 9.59 Å². The number of unbranched alkanes of at least 4 members (excludes halogenated alkanes) is 2. The highest BCUT2D eigenvalue weighted by Gasteiger charge is 2.04. The summed E-state index contributed by atoms with van der Waals surface area (Å²) in [6, 6.07) is 6.85. The van der Waals surface area contributed by atoms with E-state index < -0.39 is 0 Å². The number of nitrogens with two attached hydrogens (primary N) is 2. The van der Waals surface area contributed by atoms with Gasteiger partial charge in [0.25, 0.3) is 5.91 Å². The zero-order chi connectivity index (χ0) is 13.4. The van der Waals surface area contributed by atoms with Crippen LogP contribution < -0.4 is 16.8 Å². The maximum Gasteiger partial charge on any atom is 0.251 e. The third kappa shape index (κ3) is 5.34. The average molecular weight is 249 g/mol. The summed E-state index contributed by atoms with van der Waals surface area (Å²) >= 11 is 0. The summed E-state index contributed by atoms with van der Waals surface area (Å²) in [7, 11) is 0. The van der Waals surface area contributed by atoms with Crippen LogP contribution >= 0.6 is 0 Å². The predicted molar refractivity (Wildman–Crippen MR) is 70.9 cm³/mol. The van der Waals surface area contributed by atoms with Gasteiger partial charge in [0, 0.05) is 24.2 Å². The zero-order valence-corrected chi connectivity index (χ0v) is 10.3. The van der Waals surface area contributed by atoms with Gasteiger partial charge >= 0.3 is 0 Å². The van der Waals surface area contributed by atoms with Crippen molar-refractivity contribution in [2.24, 2.45) is 5.73 Å². The molecule has 1 aromatic rings. The molecule has 0 fully saturated rings. The van der Waals surface area contributed by atoms with Crippen LogP contribution in [0.5, 0.6) is 0 Å². The molecule has 1 aromatic carbocycles. The van der Waals surface area contributed by atoms with Crippen molar-refractivity contribution in [3.05, 3.63) is 29.8 Å². The molecule has 0 aromatic heterocycles. The van der Waals surface area contributed by atoms with Gasteiger partial charge in [-0.2, -0.15) is 0 Å². The second kappa shape index (κ2) is 7.32. The Hall–Kier alpha value is -2.04. The smallest absolute Gasteiger partial charge is 0.251 e. The van der Waals surface area contributed by atoms with Gasteiger partial charge in [-0.3, -0.25) is 9.59 Å². The summed E-state index contributed by atoms with van der Waals surface area (Å²) in [6.45, 7) is 0.590. The predicted octanol–water partition coefficient (Wildman–Crippen LogP) is 1.04. The second-order valence-electron chi connectivity index (χ2n) is 4.16. The number of carbonyl (C=O) groups is 2. The number of benzene rings is 1. The molecule has 5 nitrogen and oxygen atoms in total. The highest BCUT2D eigenvalue weighted by atomic mass is 16.1. The minimum Gasteiger partial charge on any atom is -0.399 e. The molecule has 18 heavy (non-hydrogen) atoms. The van der Waals surface area contributed by atoms with Crippen LogP contribution in [0.4, 0.5) is 5.69 Å². The van der Waals surface area contributed by atoms with Crippen molar-refractivity contribution in [2.45, 2.75) is 25.7 Å². The standard InChI is InChI=1S/C13H19N3O2/c14-11-6-4-5-10(9-11)13(18)16-8-3-1-2-7-12(15)17/h4-6,9H,1-3,7-8,14H2,(H2,15,17)(H,16,18). The van der Waals surface area contributed by atoms with Gasteiger partial charge in [-0.05, 0) is 31.0 Å². The fourth-order valence-electron chi connectivity index (χ4n) is 1.58. The van der Waals surface area contributed by atoms with Crippen LogP contribution in [0, 0.1) is 0 Å². The molecule has 98 valence electrons. The van der Waals surface area contributed by atoms with Crippen molar-refractivity contribution in [1.82, 2.24) is 5.32 Å². The number of anilines is 1. The van der Waals surface area contributed by atoms with Crippen LogP contribution in [0.1, 0.15) is 36.0 Å². The number of nitrogens with one attached hydrogen (secondary N) is 1. The van der Waals surface area contributed by atoms with Crippen molar-refractivity contribution in [1.29, 1.82) is 0 Å². The fourth-order valence-corrected chi connectivity index (χ4v) is 1.58. The molecular weight excluding hydrogens is 230 g/mol. The molecule has 5 N–H and O–H groups in total. The van der Waals surface area contributed by atoms with E-state index in [1.54, 1.807) is 24.3 Å². The minimum absolute atomic E-state index is 0.128. The van der Waals surface area contributed by atoms with Gasteiger partial charge in [0.2, 0.25) is 5.91 Å². The van der Waals surface area contributed by atoms with E-state index in [-0.39, 0.29) is 11.8 Å². The van der Waals surface area contributed by atoms with Crippen molar-refractivity contribution in [2.75, 3.05) is 12.3 Å². The van der Waals surface area contributed by atoms with E-state index in [4.69, 9.17) is 11.5 Å². The molecule has 0 aliphatic rings. The van der Waals surface area contributed by atoms with Gasteiger partial charge in [0.05, 0.1) is 0 Å². The number of amides is 2. The molecule has 0 bridgehead atoms. The molecule has 0 aliphatic carbocycles. The number of carbonyl (C=O) groups excluding carboxylic acids is 2. The molecule has 0 saturated carbocycles. The molecular formula is C13H19N3O2. The molecule has 0 unspecified atom stereocenters. The quantitative estimate of drug-likeness (QED) is 0.497. The van der Waals surface area contributed by atoms with Gasteiger partial charge in [0.15, 0.2) is 0 Å². The first-order valence-electron chi connectivity index (χ1n) is 6.01. The second-order valence-corrected chi connectivity index (χ2v) is 4.16. The Bertz CT molecular complexity index is 418. The van der Waals surface area contributed by atoms with E-state index in [2.05, 4.69) is 5.32 Å². The Morgan fingerprint density at radius 3 is 2.61 bits per heavy atom. The Morgan fingerprint density at radius 2 is 1.94 bits per heavy atom. The Kier molecular flexibility index (Phi) is 5.70. The van der Waals surface area contributed by atoms with Crippen molar-refractivity contribution in [3.8, 4) is 0 Å². The van der Waals surface area contributed by atoms with Gasteiger partial charge in [-0.25, -0.2) is 0 Å². The van der Waals surface area contributed by atoms with E-state index in [0.717, 1.165) is 19.3 Å². The third-order valence-corrected chi connectivity index (χ3v) is 2.53. The van der Waals surface area contributed by atoms with Crippen LogP contribution in [-0.4, -0.2) is 18.4 Å². The van der Waals surface area contributed by atoms with Crippen LogP contribution in [-0.2, 0) is 4.79 Å². The Morgan fingerprint density at radius 1 is 1.17 bits per heavy atom. The number of hydrogen-bond acceptors (Lipinski definition) is 3. The first-order chi connectivity index (χ1) is 8.59. The molecule has 5 heteroatoms. The lowest BCUT2D eigenvalue weighted by molar-refractivity contribution is -0.118. The van der Waals surface area contributed by atoms with Crippen LogP contribution in [0.25, 0.3) is 0 Å². The van der Waals surface area contributed by atoms with E-state index in [0.29, 0.717) is 24.2 Å². The first kappa shape index (κ1) is 14.0. The third-order valence-electron chi connectivity index (χ3n) is 2.53. The molecule has 0 spiro atoms. The number of rotatable bonds is 7. The summed E-state index contributed by atoms with van der Waals surface area (Å²) in [5, 5.41) is 2.80. The van der Waals surface area contributed by atoms with Crippen molar-refractivity contribution < 1.29 is 9.59 Å². The molecule has 2 amide bonds. The van der Waals surface area contributed by atoms with Gasteiger partial charge in [0.1, 0.15) is 0 Å². The zero-order valence-electron chi connectivity index (χ0n) is 10.3. The Balaban J connectivity index is 2.20. The monoisotopic (exact) mass is 249 g/mol. The van der Waals surface area contributed by atoms with Gasteiger partial charge in [-0.15, -0.1) is 0 Å². The maximum atomic E-state index is 11.7. The maximum absolute atomic E-state index is 11.7. The van der Waals surface area contributed by atoms with Crippen molar-refractivity contribution >= 4 is 17.5 Å². The molecule has 0 saturated heterocycles. The van der Waals surface area contributed by atoms with Crippen LogP contribution in [0.15, 0.2) is 24.3 Å². The van der Waals surface area contributed by atoms with Gasteiger partial charge < -0.3 is 16.8 Å². The lowest BCUT2D eigenvalue weighted by Gasteiger charge is -2.05. The molecule has 0 atom stereocenters. The summed E-state index contributed by atoms with van der Waals surface area (Å²) in [4.78, 5) is 22.2. The number of nitrogen functional groups attached to an aromatic ring is 1. The van der Waals surface area contributed by atoms with Crippen LogP contribution in [0.2, 0.25) is 0 Å². The summed E-state index contributed by atoms with van der Waals surface area (Å²) in [6.07, 6.45) is 2.88. The van der Waals surface area contributed by atoms with E-state index >= 15 is 0 Å². The van der Waals surface area contributed by atoms with E-state index in [1.165, 1.54) is 0 Å². The van der Waals surface area contributed by atoms with E-state index in [1.807, 2.05) is 0 Å². The summed E-state index contributed by atoms with van der Waals surface area (Å²) < 4.78 is 0. The summed E-state index contributed by atoms with van der Waals surface area (Å²) in [5.41, 5.74) is 11.8. The Labute approximate surface area is 107 Å². The molecule has 0 radical (unpaired) electrons. The fraction of sp³-hybridized carbons (Fsp3) is 0.385. The van der Waals surface area contributed by atoms with Crippen molar-refractivity contribution in [3.63, 3.8) is 0 Å². The largest absolute Gasteiger partial charge is 0.399 e. The normalized spacial score (nSPS) is 10.0. The number of primary amides is 1. The lowest BCUT2D eigenvalue weighted by atomic mass is 10.1. The first-order valence-corrected chi connectivity index (χ1v) is 6.01. The summed E-state index contributed by atoms with van der Waals surface area (Å²) in [5.74, 6) is -0.406. The van der Waals surface area contributed by atoms with Crippen LogP contribution in [0.3, 0.4) is 0 Å². The SMILES string of the molecule is NC(=O)CCCCCNC(=O)c1cccc(N)c1. The molecule has 0 aliphatic heterocycles.